The minimum Gasteiger partial charge on any atom is -0.411 e. The lowest BCUT2D eigenvalue weighted by Gasteiger charge is -2.02. The zero-order chi connectivity index (χ0) is 11.1. The number of rotatable bonds is 4. The van der Waals surface area contributed by atoms with Gasteiger partial charge in [0, 0.05) is 0 Å². The molecular weight excluding hydrogens is 186 g/mol. The summed E-state index contributed by atoms with van der Waals surface area (Å²) in [6.07, 6.45) is 3.83. The highest BCUT2D eigenvalue weighted by atomic mass is 16.4. The topological polar surface area (TPSA) is 32.6 Å². The third-order valence-corrected chi connectivity index (χ3v) is 2.16. The number of hydrogen-bond donors (Lipinski definition) is 1. The zero-order valence-corrected chi connectivity index (χ0v) is 9.27. The third kappa shape index (κ3) is 3.98. The molecule has 0 saturated carbocycles. The molecule has 1 N–H and O–H groups in total. The van der Waals surface area contributed by atoms with E-state index in [1.54, 1.807) is 0 Å². The lowest BCUT2D eigenvalue weighted by atomic mass is 10.1. The number of oxime groups is 1. The maximum absolute atomic E-state index is 8.91. The summed E-state index contributed by atoms with van der Waals surface area (Å²) in [6.45, 7) is 4.14. The molecule has 15 heavy (non-hydrogen) atoms. The van der Waals surface area contributed by atoms with Gasteiger partial charge in [0.15, 0.2) is 0 Å². The van der Waals surface area contributed by atoms with Gasteiger partial charge in [-0.15, -0.1) is 0 Å². The predicted octanol–water partition coefficient (Wildman–Crippen LogP) is 3.61. The van der Waals surface area contributed by atoms with E-state index in [0.29, 0.717) is 0 Å². The molecule has 0 amide bonds. The van der Waals surface area contributed by atoms with E-state index in [4.69, 9.17) is 5.21 Å². The molecule has 0 bridgehead atoms. The monoisotopic (exact) mass is 203 g/mol. The van der Waals surface area contributed by atoms with E-state index < -0.39 is 0 Å². The number of hydrogen-bond acceptors (Lipinski definition) is 2. The van der Waals surface area contributed by atoms with Gasteiger partial charge < -0.3 is 5.21 Å². The van der Waals surface area contributed by atoms with E-state index in [1.165, 1.54) is 5.57 Å². The molecule has 1 aromatic rings. The molecule has 0 spiro atoms. The van der Waals surface area contributed by atoms with Gasteiger partial charge in [0.25, 0.3) is 0 Å². The Bertz CT molecular complexity index is 348. The van der Waals surface area contributed by atoms with E-state index in [9.17, 15) is 0 Å². The first kappa shape index (κ1) is 11.5. The fraction of sp³-hybridized carbons (Fsp3) is 0.308. The molecule has 0 fully saturated rings. The van der Waals surface area contributed by atoms with Crippen LogP contribution in [-0.4, -0.2) is 10.9 Å². The van der Waals surface area contributed by atoms with Crippen molar-refractivity contribution in [1.82, 2.24) is 0 Å². The smallest absolute Gasteiger partial charge is 0.0870 e. The fourth-order valence-electron chi connectivity index (χ4n) is 1.38. The van der Waals surface area contributed by atoms with Crippen molar-refractivity contribution in [2.45, 2.75) is 26.7 Å². The first-order valence-electron chi connectivity index (χ1n) is 5.13. The second-order valence-corrected chi connectivity index (χ2v) is 3.73. The van der Waals surface area contributed by atoms with Gasteiger partial charge in [0.05, 0.1) is 5.71 Å². The standard InChI is InChI=1S/C13H17NO/c1-11(2)7-6-10-13(14-15)12-8-4-3-5-9-12/h3-5,7-9,15H,6,10H2,1-2H3/b14-13-. The highest BCUT2D eigenvalue weighted by Gasteiger charge is 2.01. The average molecular weight is 203 g/mol. The first-order valence-corrected chi connectivity index (χ1v) is 5.13. The van der Waals surface area contributed by atoms with Crippen LogP contribution in [0.2, 0.25) is 0 Å². The van der Waals surface area contributed by atoms with E-state index in [0.717, 1.165) is 24.1 Å². The van der Waals surface area contributed by atoms with E-state index in [1.807, 2.05) is 30.3 Å². The average Bonchev–Trinajstić information content (AvgIpc) is 2.25. The van der Waals surface area contributed by atoms with Gasteiger partial charge >= 0.3 is 0 Å². The number of benzene rings is 1. The summed E-state index contributed by atoms with van der Waals surface area (Å²) in [6, 6.07) is 9.76. The van der Waals surface area contributed by atoms with Gasteiger partial charge in [0.2, 0.25) is 0 Å². The maximum atomic E-state index is 8.91. The summed E-state index contributed by atoms with van der Waals surface area (Å²) in [5.74, 6) is 0. The van der Waals surface area contributed by atoms with Crippen molar-refractivity contribution in [3.63, 3.8) is 0 Å². The highest BCUT2D eigenvalue weighted by Crippen LogP contribution is 2.07. The van der Waals surface area contributed by atoms with Crippen LogP contribution < -0.4 is 0 Å². The molecule has 0 aliphatic rings. The van der Waals surface area contributed by atoms with Crippen LogP contribution in [-0.2, 0) is 0 Å². The normalized spacial score (nSPS) is 11.2. The fourth-order valence-corrected chi connectivity index (χ4v) is 1.38. The Hall–Kier alpha value is -1.57. The number of nitrogens with zero attached hydrogens (tertiary/aromatic N) is 1. The Morgan fingerprint density at radius 3 is 2.47 bits per heavy atom. The molecule has 0 aromatic heterocycles. The van der Waals surface area contributed by atoms with Crippen molar-refractivity contribution in [1.29, 1.82) is 0 Å². The third-order valence-electron chi connectivity index (χ3n) is 2.16. The molecule has 1 rings (SSSR count). The van der Waals surface area contributed by atoms with Gasteiger partial charge in [-0.3, -0.25) is 0 Å². The zero-order valence-electron chi connectivity index (χ0n) is 9.27. The second kappa shape index (κ2) is 6.02. The molecule has 0 atom stereocenters. The Labute approximate surface area is 90.9 Å². The molecule has 2 nitrogen and oxygen atoms in total. The quantitative estimate of drug-likeness (QED) is 0.345. The molecule has 2 heteroatoms. The van der Waals surface area contributed by atoms with Gasteiger partial charge in [0.1, 0.15) is 0 Å². The summed E-state index contributed by atoms with van der Waals surface area (Å²) < 4.78 is 0. The molecule has 0 radical (unpaired) electrons. The Morgan fingerprint density at radius 2 is 1.93 bits per heavy atom. The maximum Gasteiger partial charge on any atom is 0.0870 e. The van der Waals surface area contributed by atoms with E-state index in [2.05, 4.69) is 25.1 Å². The predicted molar refractivity (Wildman–Crippen MR) is 63.4 cm³/mol. The van der Waals surface area contributed by atoms with Crippen LogP contribution in [0.3, 0.4) is 0 Å². The Balaban J connectivity index is 2.63. The molecule has 0 aliphatic carbocycles. The van der Waals surface area contributed by atoms with Crippen molar-refractivity contribution in [2.24, 2.45) is 5.16 Å². The summed E-state index contributed by atoms with van der Waals surface area (Å²) >= 11 is 0. The Morgan fingerprint density at radius 1 is 1.27 bits per heavy atom. The molecule has 0 aliphatic heterocycles. The molecule has 1 aromatic carbocycles. The lowest BCUT2D eigenvalue weighted by molar-refractivity contribution is 0.318. The molecule has 0 unspecified atom stereocenters. The largest absolute Gasteiger partial charge is 0.411 e. The first-order chi connectivity index (χ1) is 7.24. The van der Waals surface area contributed by atoms with E-state index in [-0.39, 0.29) is 0 Å². The summed E-state index contributed by atoms with van der Waals surface area (Å²) in [7, 11) is 0. The van der Waals surface area contributed by atoms with Crippen molar-refractivity contribution in [2.75, 3.05) is 0 Å². The molecule has 0 heterocycles. The van der Waals surface area contributed by atoms with Crippen LogP contribution in [0.4, 0.5) is 0 Å². The van der Waals surface area contributed by atoms with E-state index >= 15 is 0 Å². The summed E-state index contributed by atoms with van der Waals surface area (Å²) in [4.78, 5) is 0. The van der Waals surface area contributed by atoms with Crippen LogP contribution >= 0.6 is 0 Å². The minimum atomic E-state index is 0.744. The second-order valence-electron chi connectivity index (χ2n) is 3.73. The van der Waals surface area contributed by atoms with Crippen LogP contribution in [0, 0.1) is 0 Å². The van der Waals surface area contributed by atoms with Gasteiger partial charge in [-0.1, -0.05) is 47.1 Å². The molecular formula is C13H17NO. The highest BCUT2D eigenvalue weighted by molar-refractivity contribution is 6.00. The van der Waals surface area contributed by atoms with Crippen molar-refractivity contribution in [3.8, 4) is 0 Å². The van der Waals surface area contributed by atoms with Gasteiger partial charge in [-0.25, -0.2) is 0 Å². The van der Waals surface area contributed by atoms with Crippen molar-refractivity contribution >= 4 is 5.71 Å². The van der Waals surface area contributed by atoms with Gasteiger partial charge in [-0.2, -0.15) is 0 Å². The minimum absolute atomic E-state index is 0.744. The van der Waals surface area contributed by atoms with Crippen molar-refractivity contribution < 1.29 is 5.21 Å². The number of allylic oxidation sites excluding steroid dienone is 2. The van der Waals surface area contributed by atoms with Gasteiger partial charge in [-0.05, 0) is 32.3 Å². The van der Waals surface area contributed by atoms with Crippen LogP contribution in [0.25, 0.3) is 0 Å². The van der Waals surface area contributed by atoms with Crippen molar-refractivity contribution in [3.05, 3.63) is 47.5 Å². The van der Waals surface area contributed by atoms with Crippen LogP contribution in [0.5, 0.6) is 0 Å². The SMILES string of the molecule is CC(C)=CCC/C(=N/O)c1ccccc1. The Kier molecular flexibility index (Phi) is 4.61. The molecule has 80 valence electrons. The lowest BCUT2D eigenvalue weighted by Crippen LogP contribution is -1.99. The summed E-state index contributed by atoms with van der Waals surface area (Å²) in [5.41, 5.74) is 3.02. The van der Waals surface area contributed by atoms with Crippen LogP contribution in [0.15, 0.2) is 47.1 Å². The summed E-state index contributed by atoms with van der Waals surface area (Å²) in [5, 5.41) is 12.3. The van der Waals surface area contributed by atoms with Crippen LogP contribution in [0.1, 0.15) is 32.3 Å². The molecule has 0 saturated heterocycles.